The number of nitrogens with zero attached hydrogens (tertiary/aromatic N) is 1. The topological polar surface area (TPSA) is 58.6 Å². The molecule has 142 valence electrons. The van der Waals surface area contributed by atoms with Crippen molar-refractivity contribution >= 4 is 11.8 Å². The second-order valence-electron chi connectivity index (χ2n) is 6.94. The van der Waals surface area contributed by atoms with Gasteiger partial charge in [0, 0.05) is 19.5 Å². The summed E-state index contributed by atoms with van der Waals surface area (Å²) in [7, 11) is 1.65. The molecule has 2 unspecified atom stereocenters. The average Bonchev–Trinajstić information content (AvgIpc) is 3.08. The van der Waals surface area contributed by atoms with Crippen LogP contribution >= 0.6 is 0 Å². The predicted octanol–water partition coefficient (Wildman–Crippen LogP) is 2.96. The van der Waals surface area contributed by atoms with E-state index in [1.165, 1.54) is 0 Å². The third-order valence-corrected chi connectivity index (χ3v) is 5.09. The molecule has 0 bridgehead atoms. The Hall–Kier alpha value is -2.82. The van der Waals surface area contributed by atoms with Crippen LogP contribution in [0.2, 0.25) is 0 Å². The van der Waals surface area contributed by atoms with Crippen LogP contribution in [0.4, 0.5) is 0 Å². The molecule has 0 aliphatic carbocycles. The van der Waals surface area contributed by atoms with E-state index in [4.69, 9.17) is 4.74 Å². The van der Waals surface area contributed by atoms with Gasteiger partial charge in [0.2, 0.25) is 11.8 Å². The first-order valence-electron chi connectivity index (χ1n) is 9.33. The van der Waals surface area contributed by atoms with Gasteiger partial charge in [-0.25, -0.2) is 0 Å². The van der Waals surface area contributed by atoms with Crippen molar-refractivity contribution < 1.29 is 14.3 Å². The Labute approximate surface area is 160 Å². The zero-order chi connectivity index (χ0) is 19.2. The second kappa shape index (κ2) is 8.71. The van der Waals surface area contributed by atoms with E-state index in [1.807, 2.05) is 61.5 Å². The van der Waals surface area contributed by atoms with Gasteiger partial charge in [0.1, 0.15) is 5.75 Å². The van der Waals surface area contributed by atoms with Crippen molar-refractivity contribution in [1.29, 1.82) is 0 Å². The Kier molecular flexibility index (Phi) is 6.12. The number of ether oxygens (including phenoxy) is 1. The molecule has 1 heterocycles. The van der Waals surface area contributed by atoms with Crippen LogP contribution in [0.5, 0.6) is 5.75 Å². The summed E-state index contributed by atoms with van der Waals surface area (Å²) in [5.41, 5.74) is 2.13. The fourth-order valence-corrected chi connectivity index (χ4v) is 3.49. The van der Waals surface area contributed by atoms with Gasteiger partial charge in [0.05, 0.1) is 19.1 Å². The first-order chi connectivity index (χ1) is 13.1. The Morgan fingerprint density at radius 3 is 2.63 bits per heavy atom. The van der Waals surface area contributed by atoms with E-state index in [-0.39, 0.29) is 30.2 Å². The molecular formula is C22H26N2O3. The Morgan fingerprint density at radius 2 is 1.89 bits per heavy atom. The van der Waals surface area contributed by atoms with Crippen LogP contribution in [0.3, 0.4) is 0 Å². The average molecular weight is 366 g/mol. The fraction of sp³-hybridized carbons (Fsp3) is 0.364. The van der Waals surface area contributed by atoms with Gasteiger partial charge in [-0.2, -0.15) is 0 Å². The van der Waals surface area contributed by atoms with Crippen LogP contribution in [0, 0.1) is 5.92 Å². The summed E-state index contributed by atoms with van der Waals surface area (Å²) in [5, 5.41) is 3.03. The van der Waals surface area contributed by atoms with Crippen molar-refractivity contribution in [3.8, 4) is 5.75 Å². The number of amides is 2. The number of para-hydroxylation sites is 1. The molecule has 5 heteroatoms. The molecule has 1 aliphatic heterocycles. The highest BCUT2D eigenvalue weighted by Gasteiger charge is 2.34. The number of carbonyl (C=O) groups is 2. The highest BCUT2D eigenvalue weighted by Crippen LogP contribution is 2.22. The standard InChI is InChI=1S/C22H26N2O3/c1-16(17-8-4-3-5-9-17)23-22(26)19-14-21(25)24(15-19)13-12-18-10-6-7-11-20(18)27-2/h3-11,16,19H,12-15H2,1-2H3,(H,23,26). The highest BCUT2D eigenvalue weighted by atomic mass is 16.5. The molecule has 0 radical (unpaired) electrons. The number of hydrogen-bond donors (Lipinski definition) is 1. The maximum absolute atomic E-state index is 12.6. The zero-order valence-electron chi connectivity index (χ0n) is 15.9. The lowest BCUT2D eigenvalue weighted by Gasteiger charge is -2.19. The van der Waals surface area contributed by atoms with Crippen molar-refractivity contribution in [3.63, 3.8) is 0 Å². The molecule has 5 nitrogen and oxygen atoms in total. The van der Waals surface area contributed by atoms with Crippen LogP contribution in [0.15, 0.2) is 54.6 Å². The lowest BCUT2D eigenvalue weighted by Crippen LogP contribution is -2.35. The fourth-order valence-electron chi connectivity index (χ4n) is 3.49. The van der Waals surface area contributed by atoms with Gasteiger partial charge < -0.3 is 15.0 Å². The molecule has 1 fully saturated rings. The molecule has 2 amide bonds. The van der Waals surface area contributed by atoms with Crippen LogP contribution in [-0.4, -0.2) is 36.9 Å². The smallest absolute Gasteiger partial charge is 0.225 e. The summed E-state index contributed by atoms with van der Waals surface area (Å²) in [6, 6.07) is 17.6. The summed E-state index contributed by atoms with van der Waals surface area (Å²) >= 11 is 0. The second-order valence-corrected chi connectivity index (χ2v) is 6.94. The van der Waals surface area contributed by atoms with Crippen molar-refractivity contribution in [1.82, 2.24) is 10.2 Å². The quantitative estimate of drug-likeness (QED) is 0.820. The molecule has 2 atom stereocenters. The largest absolute Gasteiger partial charge is 0.496 e. The molecule has 3 rings (SSSR count). The summed E-state index contributed by atoms with van der Waals surface area (Å²) in [6.07, 6.45) is 0.990. The summed E-state index contributed by atoms with van der Waals surface area (Å²) in [5.74, 6) is 0.522. The van der Waals surface area contributed by atoms with Crippen LogP contribution in [-0.2, 0) is 16.0 Å². The normalized spacial score (nSPS) is 17.6. The number of nitrogens with one attached hydrogen (secondary N) is 1. The zero-order valence-corrected chi connectivity index (χ0v) is 15.9. The number of carbonyl (C=O) groups excluding carboxylic acids is 2. The molecule has 1 N–H and O–H groups in total. The van der Waals surface area contributed by atoms with E-state index in [1.54, 1.807) is 12.0 Å². The van der Waals surface area contributed by atoms with Crippen molar-refractivity contribution in [2.45, 2.75) is 25.8 Å². The summed E-state index contributed by atoms with van der Waals surface area (Å²) < 4.78 is 5.36. The van der Waals surface area contributed by atoms with E-state index in [0.717, 1.165) is 16.9 Å². The van der Waals surface area contributed by atoms with E-state index < -0.39 is 0 Å². The molecule has 27 heavy (non-hydrogen) atoms. The minimum Gasteiger partial charge on any atom is -0.496 e. The predicted molar refractivity (Wildman–Crippen MR) is 104 cm³/mol. The number of benzene rings is 2. The number of hydrogen-bond acceptors (Lipinski definition) is 3. The maximum atomic E-state index is 12.6. The van der Waals surface area contributed by atoms with E-state index in [9.17, 15) is 9.59 Å². The number of rotatable bonds is 7. The van der Waals surface area contributed by atoms with Crippen molar-refractivity contribution in [2.75, 3.05) is 20.2 Å². The Balaban J connectivity index is 1.54. The lowest BCUT2D eigenvalue weighted by molar-refractivity contribution is -0.129. The Morgan fingerprint density at radius 1 is 1.19 bits per heavy atom. The van der Waals surface area contributed by atoms with Gasteiger partial charge >= 0.3 is 0 Å². The molecule has 2 aromatic rings. The van der Waals surface area contributed by atoms with E-state index in [2.05, 4.69) is 5.32 Å². The molecule has 0 spiro atoms. The molecular weight excluding hydrogens is 340 g/mol. The molecule has 0 aromatic heterocycles. The SMILES string of the molecule is COc1ccccc1CCN1CC(C(=O)NC(C)c2ccccc2)CC1=O. The van der Waals surface area contributed by atoms with Crippen LogP contribution < -0.4 is 10.1 Å². The van der Waals surface area contributed by atoms with Gasteiger partial charge in [-0.05, 0) is 30.5 Å². The number of likely N-dealkylation sites (tertiary alicyclic amines) is 1. The van der Waals surface area contributed by atoms with E-state index >= 15 is 0 Å². The Bertz CT molecular complexity index is 791. The van der Waals surface area contributed by atoms with Crippen molar-refractivity contribution in [2.24, 2.45) is 5.92 Å². The highest BCUT2D eigenvalue weighted by molar-refractivity contribution is 5.89. The molecule has 2 aromatic carbocycles. The first-order valence-corrected chi connectivity index (χ1v) is 9.33. The molecule has 1 aliphatic rings. The maximum Gasteiger partial charge on any atom is 0.225 e. The lowest BCUT2D eigenvalue weighted by atomic mass is 10.1. The van der Waals surface area contributed by atoms with Gasteiger partial charge in [-0.15, -0.1) is 0 Å². The molecule has 1 saturated heterocycles. The van der Waals surface area contributed by atoms with Gasteiger partial charge in [0.25, 0.3) is 0 Å². The van der Waals surface area contributed by atoms with E-state index in [0.29, 0.717) is 19.5 Å². The van der Waals surface area contributed by atoms with Crippen LogP contribution in [0.1, 0.15) is 30.5 Å². The number of methoxy groups -OCH3 is 1. The minimum atomic E-state index is -0.290. The third-order valence-electron chi connectivity index (χ3n) is 5.09. The monoisotopic (exact) mass is 366 g/mol. The van der Waals surface area contributed by atoms with Crippen LogP contribution in [0.25, 0.3) is 0 Å². The first kappa shape index (κ1) is 19.0. The molecule has 0 saturated carbocycles. The van der Waals surface area contributed by atoms with Crippen molar-refractivity contribution in [3.05, 3.63) is 65.7 Å². The minimum absolute atomic E-state index is 0.0393. The van der Waals surface area contributed by atoms with Gasteiger partial charge in [-0.1, -0.05) is 48.5 Å². The summed E-state index contributed by atoms with van der Waals surface area (Å²) in [4.78, 5) is 26.7. The van der Waals surface area contributed by atoms with Gasteiger partial charge in [0.15, 0.2) is 0 Å². The summed E-state index contributed by atoms with van der Waals surface area (Å²) in [6.45, 7) is 3.03. The third kappa shape index (κ3) is 4.67. The van der Waals surface area contributed by atoms with Gasteiger partial charge in [-0.3, -0.25) is 9.59 Å².